The third kappa shape index (κ3) is 28.3. The Morgan fingerprint density at radius 3 is 1.08 bits per heavy atom. The number of carbonyl (C=O) groups is 2. The average Bonchev–Trinajstić information content (AvgIpc) is 0.785. The van der Waals surface area contributed by atoms with E-state index in [9.17, 15) is 72.8 Å². The van der Waals surface area contributed by atoms with Crippen LogP contribution in [0.2, 0.25) is 0 Å². The van der Waals surface area contributed by atoms with Crippen molar-refractivity contribution in [2.75, 3.05) is 101 Å². The van der Waals surface area contributed by atoms with Crippen LogP contribution in [-0.2, 0) is 58.7 Å². The van der Waals surface area contributed by atoms with Gasteiger partial charge in [0.15, 0.2) is 23.0 Å². The van der Waals surface area contributed by atoms with Gasteiger partial charge in [0, 0.05) is 31.4 Å². The number of ether oxygens (including phenoxy) is 10. The van der Waals surface area contributed by atoms with Crippen molar-refractivity contribution in [1.29, 1.82) is 0 Å². The molecule has 41 heteroatoms. The van der Waals surface area contributed by atoms with Gasteiger partial charge in [-0.05, 0) is 48.5 Å². The minimum absolute atomic E-state index is 0.0395. The Bertz CT molecular complexity index is 3860. The third-order valence-corrected chi connectivity index (χ3v) is 17.6. The predicted octanol–water partition coefficient (Wildman–Crippen LogP) is 3.22. The Hall–Kier alpha value is -7.66. The quantitative estimate of drug-likeness (QED) is 0.0224. The highest BCUT2D eigenvalue weighted by Crippen LogP contribution is 2.50. The summed E-state index contributed by atoms with van der Waals surface area (Å²) in [6, 6.07) is 19.2. The molecule has 0 fully saturated rings. The number of hydrogen-bond donors (Lipinski definition) is 11. The molecule has 3 unspecified atom stereocenters. The summed E-state index contributed by atoms with van der Waals surface area (Å²) in [6.07, 6.45) is -1.15. The molecule has 0 saturated heterocycles. The number of benzene rings is 5. The topological polar surface area (TPSA) is 538 Å². The minimum atomic E-state index is -4.79. The summed E-state index contributed by atoms with van der Waals surface area (Å²) >= 11 is 0. The van der Waals surface area contributed by atoms with Gasteiger partial charge in [-0.1, -0.05) is 49.6 Å². The Morgan fingerprint density at radius 2 is 0.789 bits per heavy atom. The maximum absolute atomic E-state index is 12.5. The molecule has 0 amide bonds. The lowest BCUT2D eigenvalue weighted by Crippen LogP contribution is -2.27. The molecule has 5 rings (SSSR count). The summed E-state index contributed by atoms with van der Waals surface area (Å²) in [5, 5.41) is 45.6. The molecule has 0 saturated carbocycles. The Balaban J connectivity index is 0.000000595. The van der Waals surface area contributed by atoms with Gasteiger partial charge < -0.3 is 91.7 Å². The van der Waals surface area contributed by atoms with Crippen LogP contribution in [0, 0.1) is 0 Å². The van der Waals surface area contributed by atoms with E-state index < -0.39 is 126 Å². The molecule has 5 aromatic carbocycles. The van der Waals surface area contributed by atoms with Crippen LogP contribution in [0.5, 0.6) is 57.5 Å². The van der Waals surface area contributed by atoms with E-state index in [1.54, 1.807) is 48.6 Å². The van der Waals surface area contributed by atoms with Gasteiger partial charge in [0.25, 0.3) is 40.5 Å². The average molecular weight is 1470 g/mol. The normalized spacial score (nSPS) is 12.4. The van der Waals surface area contributed by atoms with Gasteiger partial charge in [-0.25, -0.2) is 9.59 Å². The van der Waals surface area contributed by atoms with Crippen molar-refractivity contribution >= 4 is 90.4 Å². The van der Waals surface area contributed by atoms with Crippen LogP contribution in [0.1, 0.15) is 31.8 Å². The fraction of sp³-hybridized carbons (Fsp3) is 0.333. The number of carboxylic acid groups (broad SMARTS) is 2. The van der Waals surface area contributed by atoms with Gasteiger partial charge in [0.05, 0.1) is 49.8 Å². The van der Waals surface area contributed by atoms with Crippen LogP contribution >= 0.6 is 15.2 Å². The van der Waals surface area contributed by atoms with Crippen LogP contribution < -0.4 is 58.0 Å². The maximum Gasteiger partial charge on any atom is 0.365 e. The first-order chi connectivity index (χ1) is 44.0. The zero-order chi connectivity index (χ0) is 73.0. The molecule has 0 aliphatic rings. The predicted molar refractivity (Wildman–Crippen MR) is 339 cm³/mol. The van der Waals surface area contributed by atoms with Crippen molar-refractivity contribution < 1.29 is 162 Å². The lowest BCUT2D eigenvalue weighted by Gasteiger charge is -2.20. The summed E-state index contributed by atoms with van der Waals surface area (Å²) in [4.78, 5) is 40.1. The minimum Gasteiger partial charge on any atom is -0.497 e. The summed E-state index contributed by atoms with van der Waals surface area (Å²) in [6.45, 7) is 6.06. The Morgan fingerprint density at radius 1 is 0.463 bits per heavy atom. The second kappa shape index (κ2) is 38.8. The fourth-order valence-electron chi connectivity index (χ4n) is 7.38. The van der Waals surface area contributed by atoms with Crippen LogP contribution in [0.4, 0.5) is 0 Å². The number of methoxy groups -OCH3 is 7. The third-order valence-electron chi connectivity index (χ3n) is 11.4. The van der Waals surface area contributed by atoms with E-state index >= 15 is 0 Å². The molecule has 11 N–H and O–H groups in total. The van der Waals surface area contributed by atoms with Gasteiger partial charge in [-0.2, -0.15) is 33.7 Å². The van der Waals surface area contributed by atoms with Crippen LogP contribution in [0.3, 0.4) is 0 Å². The molecule has 0 radical (unpaired) electrons. The van der Waals surface area contributed by atoms with Gasteiger partial charge >= 0.3 is 27.1 Å². The van der Waals surface area contributed by atoms with E-state index in [1.165, 1.54) is 86.2 Å². The van der Waals surface area contributed by atoms with Crippen molar-refractivity contribution in [2.24, 2.45) is 0 Å². The van der Waals surface area contributed by atoms with E-state index in [2.05, 4.69) is 13.2 Å². The summed E-state index contributed by atoms with van der Waals surface area (Å²) in [5.41, 5.74) is 0.394. The number of hydrogen-bond acceptors (Lipinski definition) is 27. The first kappa shape index (κ1) is 85.4. The van der Waals surface area contributed by atoms with Crippen LogP contribution in [-0.4, -0.2) is 219 Å². The summed E-state index contributed by atoms with van der Waals surface area (Å²) in [5.74, 6) is -4.13. The maximum atomic E-state index is 12.5. The molecule has 0 spiro atoms. The number of carboxylic acids is 2. The van der Waals surface area contributed by atoms with Crippen LogP contribution in [0.15, 0.2) is 96.9 Å². The SMILES string of the molecule is C=Cc1cccc(OC)c1OCC(O)CS(=O)(=O)O.C=Cc1cccc(OC)c1OCC(O)CS(=O)(=O)O.COc1ccc(OC)c(P(=O)(O)O)c1C(=O)O.COc1ccc(OC)c(P(=O)(OC)OC)c1C(=O)O.COc1ccc(OCC(O)CS(=O)(=O)O)c(S(=O)(=O)O)c1. The highest BCUT2D eigenvalue weighted by atomic mass is 32.2. The first-order valence-corrected chi connectivity index (χ1v) is 35.2. The van der Waals surface area contributed by atoms with Crippen molar-refractivity contribution in [3.05, 3.63) is 114 Å². The second-order valence-corrected chi connectivity index (χ2v) is 27.6. The number of aromatic carboxylic acids is 2. The van der Waals surface area contributed by atoms with Gasteiger partial charge in [-0.3, -0.25) is 27.3 Å². The first-order valence-electron chi connectivity index (χ1n) is 25.8. The summed E-state index contributed by atoms with van der Waals surface area (Å²) < 4.78 is 204. The molecular weight excluding hydrogens is 1400 g/mol. The van der Waals surface area contributed by atoms with E-state index in [-0.39, 0.29) is 58.6 Å². The highest BCUT2D eigenvalue weighted by Gasteiger charge is 2.37. The Kier molecular flexibility index (Phi) is 34.8. The van der Waals surface area contributed by atoms with Gasteiger partial charge in [0.2, 0.25) is 0 Å². The molecule has 35 nitrogen and oxygen atoms in total. The monoisotopic (exact) mass is 1470 g/mol. The molecule has 0 heterocycles. The van der Waals surface area contributed by atoms with Crippen molar-refractivity contribution in [3.63, 3.8) is 0 Å². The molecular formula is C54H72O35P2S4. The fourth-order valence-corrected chi connectivity index (χ4v) is 12.2. The number of aliphatic hydroxyl groups is 3. The van der Waals surface area contributed by atoms with E-state index in [0.29, 0.717) is 34.1 Å². The molecule has 95 heavy (non-hydrogen) atoms. The zero-order valence-electron chi connectivity index (χ0n) is 51.8. The van der Waals surface area contributed by atoms with Crippen molar-refractivity contribution in [3.8, 4) is 57.5 Å². The number of aliphatic hydroxyl groups excluding tert-OH is 3. The highest BCUT2D eigenvalue weighted by molar-refractivity contribution is 7.86. The molecule has 3 atom stereocenters. The molecule has 0 aromatic heterocycles. The number of para-hydroxylation sites is 2. The Labute approximate surface area is 546 Å². The zero-order valence-corrected chi connectivity index (χ0v) is 56.8. The van der Waals surface area contributed by atoms with Crippen molar-refractivity contribution in [1.82, 2.24) is 0 Å². The van der Waals surface area contributed by atoms with E-state index in [1.807, 2.05) is 0 Å². The molecule has 0 aliphatic heterocycles. The molecule has 5 aromatic rings. The molecule has 0 aliphatic carbocycles. The number of rotatable bonds is 31. The standard InChI is InChI=1S/2C12H16O6S.C11H15O7P.C10H14O9S2.C9H11O7P/c2*1-3-9-5-4-6-11(17-2)12(9)18-7-10(13)8-19(14,15)16;1-15-7-5-6-8(16-2)10(9(7)11(12)13)19(14,17-3)18-4;1-18-8-2-3-9(10(4-8)21(15,16)17)19-5-7(11)6-20(12,13)14;1-15-5-3-4-6(16-2)8(17(12,13)14)7(5)9(10)11/h2*3-6,10,13H,1,7-8H2,2H3,(H,14,15,16);5-6H,1-4H3,(H,12,13);2-4,7,11H,5-6H2,1H3,(H,12,13,14)(H,15,16,17);3-4H,1-2H3,(H,10,11)(H2,12,13,14). The second-order valence-electron chi connectivity index (χ2n) is 18.0. The smallest absolute Gasteiger partial charge is 0.365 e. The van der Waals surface area contributed by atoms with Crippen LogP contribution in [0.25, 0.3) is 12.2 Å². The largest absolute Gasteiger partial charge is 0.497 e. The van der Waals surface area contributed by atoms with E-state index in [4.69, 9.17) is 89.5 Å². The van der Waals surface area contributed by atoms with Gasteiger partial charge in [0.1, 0.15) is 117 Å². The molecule has 532 valence electrons. The molecule has 0 bridgehead atoms. The lowest BCUT2D eigenvalue weighted by atomic mass is 10.2. The van der Waals surface area contributed by atoms with Gasteiger partial charge in [-0.15, -0.1) is 0 Å². The lowest BCUT2D eigenvalue weighted by molar-refractivity contribution is 0.0683. The van der Waals surface area contributed by atoms with E-state index in [0.717, 1.165) is 20.3 Å². The summed E-state index contributed by atoms with van der Waals surface area (Å²) in [7, 11) is -14.5. The van der Waals surface area contributed by atoms with Crippen molar-refractivity contribution in [2.45, 2.75) is 23.2 Å².